The molecule has 4 bridgehead atoms. The minimum Gasteiger partial charge on any atom is -0.492 e. The van der Waals surface area contributed by atoms with Gasteiger partial charge in [-0.05, 0) is 61.4 Å². The number of fused-ring (bicyclic) bond motifs is 6. The molecule has 1 aliphatic carbocycles. The molecule has 0 amide bonds. The summed E-state index contributed by atoms with van der Waals surface area (Å²) in [5.41, 5.74) is 2.11. The number of rotatable bonds is 0. The highest BCUT2D eigenvalue weighted by Crippen LogP contribution is 2.39. The molecule has 6 heteroatoms. The topological polar surface area (TPSA) is 33.0 Å². The van der Waals surface area contributed by atoms with Gasteiger partial charge in [-0.3, -0.25) is 4.90 Å². The lowest BCUT2D eigenvalue weighted by molar-refractivity contribution is 0.127. The first-order chi connectivity index (χ1) is 15.7. The van der Waals surface area contributed by atoms with Gasteiger partial charge in [-0.25, -0.2) is 9.37 Å². The Morgan fingerprint density at radius 1 is 0.969 bits per heavy atom. The monoisotopic (exact) mass is 434 g/mol. The van der Waals surface area contributed by atoms with Crippen LogP contribution in [0, 0.1) is 17.7 Å². The lowest BCUT2D eigenvalue weighted by Gasteiger charge is -2.33. The van der Waals surface area contributed by atoms with E-state index < -0.39 is 0 Å². The van der Waals surface area contributed by atoms with Gasteiger partial charge in [0.1, 0.15) is 29.6 Å². The first kappa shape index (κ1) is 20.0. The van der Waals surface area contributed by atoms with Crippen LogP contribution in [-0.2, 0) is 0 Å². The molecule has 0 N–H and O–H groups in total. The molecule has 3 atom stereocenters. The molecule has 1 saturated heterocycles. The van der Waals surface area contributed by atoms with Crippen molar-refractivity contribution >= 4 is 11.5 Å². The van der Waals surface area contributed by atoms with E-state index in [0.717, 1.165) is 54.2 Å². The molecule has 4 heterocycles. The summed E-state index contributed by atoms with van der Waals surface area (Å²) in [6.07, 6.45) is 10.6. The standard InChI is InChI=1S/C26H31FN4O/c1-29-13-14-31-16-19-4-2-3-18(19)5-6-20(31)17-32-21-7-8-24(27)23(15-21)22-9-11-30-12-10-25(29)28-26(22)30/h7-12,15,18-20H,2-6,13-14,16-17H2,1H3/t18?,19-,20?/m0/s1. The van der Waals surface area contributed by atoms with E-state index in [9.17, 15) is 4.39 Å². The summed E-state index contributed by atoms with van der Waals surface area (Å²) < 4.78 is 23.1. The highest BCUT2D eigenvalue weighted by Gasteiger charge is 2.35. The fourth-order valence-corrected chi connectivity index (χ4v) is 6.01. The maximum absolute atomic E-state index is 14.9. The summed E-state index contributed by atoms with van der Waals surface area (Å²) >= 11 is 0. The van der Waals surface area contributed by atoms with Crippen LogP contribution >= 0.6 is 0 Å². The van der Waals surface area contributed by atoms with E-state index in [1.54, 1.807) is 6.07 Å². The van der Waals surface area contributed by atoms with Gasteiger partial charge in [0.25, 0.3) is 0 Å². The molecule has 2 aliphatic heterocycles. The van der Waals surface area contributed by atoms with E-state index >= 15 is 0 Å². The van der Waals surface area contributed by atoms with E-state index in [1.807, 2.05) is 35.0 Å². The summed E-state index contributed by atoms with van der Waals surface area (Å²) in [7, 11) is 2.11. The normalized spacial score (nSPS) is 26.3. The van der Waals surface area contributed by atoms with Crippen molar-refractivity contribution in [1.82, 2.24) is 14.3 Å². The molecule has 5 nitrogen and oxygen atoms in total. The number of aromatic nitrogens is 2. The molecule has 1 aromatic carbocycles. The van der Waals surface area contributed by atoms with Gasteiger partial charge in [0.15, 0.2) is 0 Å². The fourth-order valence-electron chi connectivity index (χ4n) is 6.01. The van der Waals surface area contributed by atoms with Crippen molar-refractivity contribution in [2.75, 3.05) is 38.2 Å². The van der Waals surface area contributed by atoms with Crippen molar-refractivity contribution in [1.29, 1.82) is 0 Å². The minimum atomic E-state index is -0.248. The van der Waals surface area contributed by atoms with Gasteiger partial charge in [0.2, 0.25) is 0 Å². The Hall–Kier alpha value is -2.60. The Morgan fingerprint density at radius 2 is 1.84 bits per heavy atom. The van der Waals surface area contributed by atoms with Crippen LogP contribution in [0.5, 0.6) is 5.75 Å². The van der Waals surface area contributed by atoms with E-state index in [1.165, 1.54) is 38.2 Å². The summed E-state index contributed by atoms with van der Waals surface area (Å²) in [6.45, 7) is 3.73. The zero-order valence-corrected chi connectivity index (χ0v) is 18.7. The van der Waals surface area contributed by atoms with Gasteiger partial charge in [-0.15, -0.1) is 0 Å². The van der Waals surface area contributed by atoms with Crippen molar-refractivity contribution in [3.8, 4) is 16.9 Å². The number of likely N-dealkylation sites (N-methyl/N-ethyl adjacent to an activating group) is 1. The molecule has 2 fully saturated rings. The van der Waals surface area contributed by atoms with Crippen LogP contribution in [0.3, 0.4) is 0 Å². The number of halogens is 1. The quantitative estimate of drug-likeness (QED) is 0.506. The Balaban J connectivity index is 1.40. The largest absolute Gasteiger partial charge is 0.492 e. The van der Waals surface area contributed by atoms with Crippen molar-refractivity contribution in [2.45, 2.75) is 38.1 Å². The molecule has 0 spiro atoms. The van der Waals surface area contributed by atoms with Crippen LogP contribution in [0.2, 0.25) is 0 Å². The van der Waals surface area contributed by atoms with Gasteiger partial charge < -0.3 is 14.0 Å². The van der Waals surface area contributed by atoms with Crippen LogP contribution in [0.1, 0.15) is 32.1 Å². The summed E-state index contributed by atoms with van der Waals surface area (Å²) in [5.74, 6) is 3.10. The van der Waals surface area contributed by atoms with Gasteiger partial charge in [0, 0.05) is 56.2 Å². The molecule has 1 saturated carbocycles. The van der Waals surface area contributed by atoms with Crippen molar-refractivity contribution < 1.29 is 9.13 Å². The Bertz CT molecular complexity index is 1130. The second-order valence-electron chi connectivity index (χ2n) is 9.80. The van der Waals surface area contributed by atoms with Gasteiger partial charge in [0.05, 0.1) is 0 Å². The molecule has 168 valence electrons. The van der Waals surface area contributed by atoms with Gasteiger partial charge in [-0.2, -0.15) is 0 Å². The van der Waals surface area contributed by atoms with Gasteiger partial charge >= 0.3 is 0 Å². The van der Waals surface area contributed by atoms with Crippen molar-refractivity contribution in [2.24, 2.45) is 11.8 Å². The Labute approximate surface area is 188 Å². The van der Waals surface area contributed by atoms with Crippen LogP contribution in [-0.4, -0.2) is 53.6 Å². The molecule has 2 aromatic heterocycles. The third kappa shape index (κ3) is 3.54. The van der Waals surface area contributed by atoms with Gasteiger partial charge in [-0.1, -0.05) is 12.8 Å². The van der Waals surface area contributed by atoms with Crippen LogP contribution in [0.4, 0.5) is 10.2 Å². The van der Waals surface area contributed by atoms with Crippen LogP contribution in [0.25, 0.3) is 16.8 Å². The highest BCUT2D eigenvalue weighted by atomic mass is 19.1. The molecule has 6 rings (SSSR count). The van der Waals surface area contributed by atoms with E-state index in [2.05, 4.69) is 16.8 Å². The molecular formula is C26H31FN4O. The van der Waals surface area contributed by atoms with Crippen molar-refractivity contribution in [3.63, 3.8) is 0 Å². The number of benzene rings is 1. The van der Waals surface area contributed by atoms with E-state index in [4.69, 9.17) is 9.72 Å². The van der Waals surface area contributed by atoms with Crippen molar-refractivity contribution in [3.05, 3.63) is 48.5 Å². The number of hydrogen-bond acceptors (Lipinski definition) is 4. The number of anilines is 1. The predicted octanol–water partition coefficient (Wildman–Crippen LogP) is 4.85. The highest BCUT2D eigenvalue weighted by molar-refractivity contribution is 5.80. The summed E-state index contributed by atoms with van der Waals surface area (Å²) in [4.78, 5) is 9.80. The molecule has 32 heavy (non-hydrogen) atoms. The molecule has 3 aromatic rings. The van der Waals surface area contributed by atoms with E-state index in [-0.39, 0.29) is 5.82 Å². The first-order valence-corrected chi connectivity index (χ1v) is 12.0. The molecule has 3 aliphatic rings. The Morgan fingerprint density at radius 3 is 2.78 bits per heavy atom. The average molecular weight is 435 g/mol. The zero-order chi connectivity index (χ0) is 21.7. The smallest absolute Gasteiger partial charge is 0.147 e. The number of nitrogens with zero attached hydrogens (tertiary/aromatic N) is 4. The Kier molecular flexibility index (Phi) is 5.05. The number of hydrogen-bond donors (Lipinski definition) is 0. The predicted molar refractivity (Wildman–Crippen MR) is 125 cm³/mol. The molecular weight excluding hydrogens is 403 g/mol. The fraction of sp³-hybridized carbons (Fsp3) is 0.500. The maximum Gasteiger partial charge on any atom is 0.147 e. The van der Waals surface area contributed by atoms with E-state index in [0.29, 0.717) is 18.2 Å². The lowest BCUT2D eigenvalue weighted by Crippen LogP contribution is -2.44. The second kappa shape index (κ2) is 8.07. The lowest BCUT2D eigenvalue weighted by atomic mass is 9.92. The SMILES string of the molecule is CN1CCN2C[C@@H]3CCCC3CCC2COc2ccc(F)c(c2)-c2ccn3ccc1nc23. The molecule has 2 unspecified atom stereocenters. The second-order valence-corrected chi connectivity index (χ2v) is 9.80. The number of ether oxygens (including phenoxy) is 1. The minimum absolute atomic E-state index is 0.248. The zero-order valence-electron chi connectivity index (χ0n) is 18.7. The van der Waals surface area contributed by atoms with Crippen LogP contribution < -0.4 is 9.64 Å². The van der Waals surface area contributed by atoms with Crippen LogP contribution in [0.15, 0.2) is 42.7 Å². The first-order valence-electron chi connectivity index (χ1n) is 12.0. The average Bonchev–Trinajstić information content (AvgIpc) is 3.39. The third-order valence-electron chi connectivity index (χ3n) is 7.95. The summed E-state index contributed by atoms with van der Waals surface area (Å²) in [5, 5.41) is 0. The maximum atomic E-state index is 14.9. The molecule has 0 radical (unpaired) electrons. The third-order valence-corrected chi connectivity index (χ3v) is 7.95. The summed E-state index contributed by atoms with van der Waals surface area (Å²) in [6, 6.07) is 9.49.